The fourth-order valence-electron chi connectivity index (χ4n) is 1.35. The lowest BCUT2D eigenvalue weighted by atomic mass is 10.5. The largest absolute Gasteiger partial charge is 0.333 e. The van der Waals surface area contributed by atoms with Crippen LogP contribution in [0.25, 0.3) is 10.8 Å². The number of hydrogen-bond acceptors (Lipinski definition) is 7. The summed E-state index contributed by atoms with van der Waals surface area (Å²) in [7, 11) is 1.90. The summed E-state index contributed by atoms with van der Waals surface area (Å²) in [5.74, 6) is 1.84. The Hall–Kier alpha value is -1.67. The van der Waals surface area contributed by atoms with Crippen LogP contribution in [0.15, 0.2) is 33.5 Å². The SMILES string of the molecule is Cn1cnnc1SCc1noc(-c2cccs2)n1. The van der Waals surface area contributed by atoms with Crippen LogP contribution in [-0.2, 0) is 12.8 Å². The molecule has 92 valence electrons. The molecule has 0 fully saturated rings. The number of hydrogen-bond donors (Lipinski definition) is 0. The number of aromatic nitrogens is 5. The maximum atomic E-state index is 5.20. The molecule has 0 aliphatic carbocycles. The average Bonchev–Trinajstić information content (AvgIpc) is 3.08. The maximum absolute atomic E-state index is 5.20. The molecular weight excluding hydrogens is 270 g/mol. The molecule has 3 heterocycles. The van der Waals surface area contributed by atoms with Gasteiger partial charge in [0, 0.05) is 7.05 Å². The molecule has 3 aromatic heterocycles. The van der Waals surface area contributed by atoms with Gasteiger partial charge in [0.1, 0.15) is 6.33 Å². The van der Waals surface area contributed by atoms with Crippen molar-refractivity contribution in [3.05, 3.63) is 29.7 Å². The van der Waals surface area contributed by atoms with Crippen LogP contribution >= 0.6 is 23.1 Å². The summed E-state index contributed by atoms with van der Waals surface area (Å²) in [5, 5.41) is 14.5. The first-order valence-electron chi connectivity index (χ1n) is 5.16. The number of aryl methyl sites for hydroxylation is 1. The smallest absolute Gasteiger partial charge is 0.268 e. The Morgan fingerprint density at radius 3 is 3.17 bits per heavy atom. The second kappa shape index (κ2) is 4.91. The summed E-state index contributed by atoms with van der Waals surface area (Å²) in [5.41, 5.74) is 0. The molecule has 0 amide bonds. The Kier molecular flexibility index (Phi) is 3.11. The molecule has 0 aliphatic rings. The first kappa shape index (κ1) is 11.4. The molecule has 3 rings (SSSR count). The first-order chi connectivity index (χ1) is 8.83. The van der Waals surface area contributed by atoms with Crippen LogP contribution in [0.4, 0.5) is 0 Å². The minimum atomic E-state index is 0.568. The van der Waals surface area contributed by atoms with Crippen LogP contribution in [0.1, 0.15) is 5.82 Å². The van der Waals surface area contributed by atoms with Gasteiger partial charge in [0.05, 0.1) is 10.6 Å². The van der Waals surface area contributed by atoms with E-state index in [1.807, 2.05) is 29.1 Å². The van der Waals surface area contributed by atoms with Crippen molar-refractivity contribution in [1.82, 2.24) is 24.9 Å². The Morgan fingerprint density at radius 1 is 1.50 bits per heavy atom. The molecule has 0 bridgehead atoms. The molecule has 18 heavy (non-hydrogen) atoms. The molecule has 0 spiro atoms. The second-order valence-electron chi connectivity index (χ2n) is 3.51. The normalized spacial score (nSPS) is 10.9. The Balaban J connectivity index is 1.69. The van der Waals surface area contributed by atoms with E-state index in [0.717, 1.165) is 10.0 Å². The summed E-state index contributed by atoms with van der Waals surface area (Å²) < 4.78 is 7.05. The van der Waals surface area contributed by atoms with Gasteiger partial charge in [-0.2, -0.15) is 4.98 Å². The predicted molar refractivity (Wildman–Crippen MR) is 68.2 cm³/mol. The van der Waals surface area contributed by atoms with Crippen molar-refractivity contribution >= 4 is 23.1 Å². The van der Waals surface area contributed by atoms with E-state index in [4.69, 9.17) is 4.52 Å². The average molecular weight is 279 g/mol. The third-order valence-electron chi connectivity index (χ3n) is 2.20. The number of rotatable bonds is 4. The van der Waals surface area contributed by atoms with E-state index in [9.17, 15) is 0 Å². The number of thiophene rings is 1. The van der Waals surface area contributed by atoms with Gasteiger partial charge in [-0.3, -0.25) is 0 Å². The van der Waals surface area contributed by atoms with E-state index in [1.54, 1.807) is 17.7 Å². The van der Waals surface area contributed by atoms with Gasteiger partial charge in [-0.1, -0.05) is 23.0 Å². The zero-order valence-electron chi connectivity index (χ0n) is 9.48. The molecule has 0 aromatic carbocycles. The molecule has 0 N–H and O–H groups in total. The van der Waals surface area contributed by atoms with Crippen LogP contribution < -0.4 is 0 Å². The highest BCUT2D eigenvalue weighted by atomic mass is 32.2. The van der Waals surface area contributed by atoms with Crippen molar-refractivity contribution in [3.8, 4) is 10.8 Å². The van der Waals surface area contributed by atoms with Crippen LogP contribution in [-0.4, -0.2) is 24.9 Å². The summed E-state index contributed by atoms with van der Waals surface area (Å²) in [4.78, 5) is 5.32. The minimum Gasteiger partial charge on any atom is -0.333 e. The van der Waals surface area contributed by atoms with Gasteiger partial charge in [0.25, 0.3) is 5.89 Å². The third kappa shape index (κ3) is 2.29. The zero-order chi connectivity index (χ0) is 12.4. The number of nitrogens with zero attached hydrogens (tertiary/aromatic N) is 5. The molecule has 0 saturated heterocycles. The van der Waals surface area contributed by atoms with Gasteiger partial charge in [0.15, 0.2) is 11.0 Å². The highest BCUT2D eigenvalue weighted by Gasteiger charge is 2.11. The minimum absolute atomic E-state index is 0.568. The highest BCUT2D eigenvalue weighted by Crippen LogP contribution is 2.24. The third-order valence-corrected chi connectivity index (χ3v) is 4.09. The summed E-state index contributed by atoms with van der Waals surface area (Å²) in [6.45, 7) is 0. The van der Waals surface area contributed by atoms with Crippen LogP contribution in [0, 0.1) is 0 Å². The Labute approximate surface area is 111 Å². The van der Waals surface area contributed by atoms with E-state index in [1.165, 1.54) is 11.8 Å². The molecule has 0 saturated carbocycles. The van der Waals surface area contributed by atoms with Gasteiger partial charge in [0.2, 0.25) is 0 Å². The van der Waals surface area contributed by atoms with Gasteiger partial charge in [-0.15, -0.1) is 21.5 Å². The maximum Gasteiger partial charge on any atom is 0.268 e. The molecule has 0 radical (unpaired) electrons. The summed E-state index contributed by atoms with van der Waals surface area (Å²) >= 11 is 3.10. The van der Waals surface area contributed by atoms with Crippen LogP contribution in [0.5, 0.6) is 0 Å². The molecule has 8 heteroatoms. The van der Waals surface area contributed by atoms with Gasteiger partial charge >= 0.3 is 0 Å². The summed E-state index contributed by atoms with van der Waals surface area (Å²) in [6.07, 6.45) is 1.66. The van der Waals surface area contributed by atoms with Gasteiger partial charge < -0.3 is 9.09 Å². The van der Waals surface area contributed by atoms with Crippen molar-refractivity contribution in [2.45, 2.75) is 10.9 Å². The first-order valence-corrected chi connectivity index (χ1v) is 7.03. The van der Waals surface area contributed by atoms with Crippen LogP contribution in [0.2, 0.25) is 0 Å². The molecule has 0 atom stereocenters. The second-order valence-corrected chi connectivity index (χ2v) is 5.40. The highest BCUT2D eigenvalue weighted by molar-refractivity contribution is 7.98. The van der Waals surface area contributed by atoms with Crippen molar-refractivity contribution in [1.29, 1.82) is 0 Å². The number of thioether (sulfide) groups is 1. The van der Waals surface area contributed by atoms with E-state index in [-0.39, 0.29) is 0 Å². The van der Waals surface area contributed by atoms with Gasteiger partial charge in [-0.25, -0.2) is 0 Å². The Morgan fingerprint density at radius 2 is 2.44 bits per heavy atom. The monoisotopic (exact) mass is 279 g/mol. The summed E-state index contributed by atoms with van der Waals surface area (Å²) in [6, 6.07) is 3.91. The van der Waals surface area contributed by atoms with E-state index in [0.29, 0.717) is 17.5 Å². The molecule has 3 aromatic rings. The quantitative estimate of drug-likeness (QED) is 0.682. The topological polar surface area (TPSA) is 69.6 Å². The van der Waals surface area contributed by atoms with E-state index < -0.39 is 0 Å². The van der Waals surface area contributed by atoms with Gasteiger partial charge in [-0.05, 0) is 11.4 Å². The lowest BCUT2D eigenvalue weighted by Gasteiger charge is -1.95. The fraction of sp³-hybridized carbons (Fsp3) is 0.200. The standard InChI is InChI=1S/C10H9N5OS2/c1-15-6-11-13-10(15)18-5-8-12-9(16-14-8)7-3-2-4-17-7/h2-4,6H,5H2,1H3. The van der Waals surface area contributed by atoms with Crippen molar-refractivity contribution < 1.29 is 4.52 Å². The molecule has 0 unspecified atom stereocenters. The molecule has 0 aliphatic heterocycles. The molecule has 6 nitrogen and oxygen atoms in total. The van der Waals surface area contributed by atoms with Crippen molar-refractivity contribution in [2.24, 2.45) is 7.05 Å². The fourth-order valence-corrected chi connectivity index (χ4v) is 2.72. The van der Waals surface area contributed by atoms with Crippen LogP contribution in [0.3, 0.4) is 0 Å². The van der Waals surface area contributed by atoms with Crippen molar-refractivity contribution in [3.63, 3.8) is 0 Å². The lowest BCUT2D eigenvalue weighted by molar-refractivity contribution is 0.426. The van der Waals surface area contributed by atoms with E-state index in [2.05, 4.69) is 20.3 Å². The van der Waals surface area contributed by atoms with Crippen molar-refractivity contribution in [2.75, 3.05) is 0 Å². The predicted octanol–water partition coefficient (Wildman–Crippen LogP) is 2.22. The molecular formula is C10H9N5OS2. The Bertz CT molecular complexity index is 630. The zero-order valence-corrected chi connectivity index (χ0v) is 11.1. The van der Waals surface area contributed by atoms with E-state index >= 15 is 0 Å². The lowest BCUT2D eigenvalue weighted by Crippen LogP contribution is -1.90.